The Morgan fingerprint density at radius 3 is 2.35 bits per heavy atom. The van der Waals surface area contributed by atoms with E-state index in [1.165, 1.54) is 0 Å². The second kappa shape index (κ2) is 5.31. The standard InChI is InChI=1S/C17H16N2O/c18-11-13-5-7-14(8-6-13)12-19-10-9-15-3-1-2-4-16(15)17(19)20/h1-10H,11-12,18H2. The van der Waals surface area contributed by atoms with Crippen molar-refractivity contribution in [3.8, 4) is 0 Å². The average Bonchev–Trinajstić information content (AvgIpc) is 2.51. The molecule has 0 fully saturated rings. The van der Waals surface area contributed by atoms with Gasteiger partial charge in [0.15, 0.2) is 0 Å². The van der Waals surface area contributed by atoms with E-state index in [9.17, 15) is 4.79 Å². The van der Waals surface area contributed by atoms with Gasteiger partial charge < -0.3 is 10.3 Å². The molecule has 1 heterocycles. The fourth-order valence-corrected chi connectivity index (χ4v) is 2.33. The SMILES string of the molecule is NCc1ccc(Cn2ccc3ccccc3c2=O)cc1. The van der Waals surface area contributed by atoms with Crippen LogP contribution in [0.25, 0.3) is 10.8 Å². The molecule has 0 atom stereocenters. The molecule has 0 aliphatic heterocycles. The highest BCUT2D eigenvalue weighted by Gasteiger charge is 2.02. The smallest absolute Gasteiger partial charge is 0.258 e. The second-order valence-corrected chi connectivity index (χ2v) is 4.86. The fraction of sp³-hybridized carbons (Fsp3) is 0.118. The highest BCUT2D eigenvalue weighted by Crippen LogP contribution is 2.10. The summed E-state index contributed by atoms with van der Waals surface area (Å²) in [6.45, 7) is 1.12. The molecule has 0 aliphatic carbocycles. The van der Waals surface area contributed by atoms with Crippen LogP contribution in [-0.2, 0) is 13.1 Å². The van der Waals surface area contributed by atoms with Crippen molar-refractivity contribution >= 4 is 10.8 Å². The Balaban J connectivity index is 1.98. The van der Waals surface area contributed by atoms with Gasteiger partial charge in [0.1, 0.15) is 0 Å². The molecule has 0 bridgehead atoms. The minimum absolute atomic E-state index is 0.0472. The van der Waals surface area contributed by atoms with Crippen molar-refractivity contribution in [3.63, 3.8) is 0 Å². The first-order valence-electron chi connectivity index (χ1n) is 6.64. The van der Waals surface area contributed by atoms with Crippen molar-refractivity contribution < 1.29 is 0 Å². The third kappa shape index (κ3) is 2.36. The van der Waals surface area contributed by atoms with Gasteiger partial charge in [-0.3, -0.25) is 4.79 Å². The summed E-state index contributed by atoms with van der Waals surface area (Å²) < 4.78 is 1.74. The average molecular weight is 264 g/mol. The molecule has 2 N–H and O–H groups in total. The summed E-state index contributed by atoms with van der Waals surface area (Å²) >= 11 is 0. The lowest BCUT2D eigenvalue weighted by atomic mass is 10.1. The predicted molar refractivity (Wildman–Crippen MR) is 81.6 cm³/mol. The Labute approximate surface area is 117 Å². The Morgan fingerprint density at radius 2 is 1.60 bits per heavy atom. The van der Waals surface area contributed by atoms with Crippen molar-refractivity contribution in [2.24, 2.45) is 5.73 Å². The molecule has 0 unspecified atom stereocenters. The van der Waals surface area contributed by atoms with E-state index in [0.717, 1.165) is 21.9 Å². The Morgan fingerprint density at radius 1 is 0.900 bits per heavy atom. The number of hydrogen-bond donors (Lipinski definition) is 1. The maximum absolute atomic E-state index is 12.4. The van der Waals surface area contributed by atoms with E-state index in [2.05, 4.69) is 0 Å². The van der Waals surface area contributed by atoms with Crippen molar-refractivity contribution in [1.29, 1.82) is 0 Å². The van der Waals surface area contributed by atoms with Crippen LogP contribution in [0.3, 0.4) is 0 Å². The monoisotopic (exact) mass is 264 g/mol. The number of pyridine rings is 1. The number of hydrogen-bond acceptors (Lipinski definition) is 2. The first-order chi connectivity index (χ1) is 9.78. The highest BCUT2D eigenvalue weighted by atomic mass is 16.1. The van der Waals surface area contributed by atoms with Gasteiger partial charge in [0, 0.05) is 18.1 Å². The van der Waals surface area contributed by atoms with Crippen molar-refractivity contribution in [1.82, 2.24) is 4.57 Å². The van der Waals surface area contributed by atoms with Crippen molar-refractivity contribution in [3.05, 3.63) is 82.3 Å². The third-order valence-corrected chi connectivity index (χ3v) is 3.50. The van der Waals surface area contributed by atoms with Crippen LogP contribution in [0, 0.1) is 0 Å². The van der Waals surface area contributed by atoms with E-state index in [4.69, 9.17) is 5.73 Å². The van der Waals surface area contributed by atoms with E-state index in [-0.39, 0.29) is 5.56 Å². The molecule has 1 aromatic heterocycles. The number of aromatic nitrogens is 1. The minimum Gasteiger partial charge on any atom is -0.326 e. The number of nitrogens with zero attached hydrogens (tertiary/aromatic N) is 1. The molecule has 0 saturated carbocycles. The number of nitrogens with two attached hydrogens (primary N) is 1. The zero-order chi connectivity index (χ0) is 13.9. The van der Waals surface area contributed by atoms with Gasteiger partial charge in [0.25, 0.3) is 5.56 Å². The van der Waals surface area contributed by atoms with Crippen molar-refractivity contribution in [2.45, 2.75) is 13.1 Å². The van der Waals surface area contributed by atoms with Gasteiger partial charge in [0.2, 0.25) is 0 Å². The van der Waals surface area contributed by atoms with Gasteiger partial charge in [-0.2, -0.15) is 0 Å². The summed E-state index contributed by atoms with van der Waals surface area (Å²) in [5, 5.41) is 1.74. The lowest BCUT2D eigenvalue weighted by molar-refractivity contribution is 0.767. The number of benzene rings is 2. The molecule has 3 aromatic rings. The van der Waals surface area contributed by atoms with Gasteiger partial charge >= 0.3 is 0 Å². The van der Waals surface area contributed by atoms with Crippen LogP contribution in [0.15, 0.2) is 65.6 Å². The molecular formula is C17H16N2O. The van der Waals surface area contributed by atoms with Crippen LogP contribution in [0.1, 0.15) is 11.1 Å². The van der Waals surface area contributed by atoms with Crippen LogP contribution < -0.4 is 11.3 Å². The second-order valence-electron chi connectivity index (χ2n) is 4.86. The van der Waals surface area contributed by atoms with Gasteiger partial charge in [0.05, 0.1) is 6.54 Å². The molecule has 20 heavy (non-hydrogen) atoms. The summed E-state index contributed by atoms with van der Waals surface area (Å²) in [5.74, 6) is 0. The maximum Gasteiger partial charge on any atom is 0.258 e. The number of fused-ring (bicyclic) bond motifs is 1. The van der Waals surface area contributed by atoms with Crippen LogP contribution in [0.2, 0.25) is 0 Å². The van der Waals surface area contributed by atoms with E-state index < -0.39 is 0 Å². The van der Waals surface area contributed by atoms with Crippen LogP contribution >= 0.6 is 0 Å². The Kier molecular flexibility index (Phi) is 3.35. The third-order valence-electron chi connectivity index (χ3n) is 3.50. The van der Waals surface area contributed by atoms with Crippen LogP contribution in [-0.4, -0.2) is 4.57 Å². The molecule has 0 aliphatic rings. The summed E-state index contributed by atoms with van der Waals surface area (Å²) in [6.07, 6.45) is 1.85. The van der Waals surface area contributed by atoms with Gasteiger partial charge in [-0.15, -0.1) is 0 Å². The highest BCUT2D eigenvalue weighted by molar-refractivity contribution is 5.81. The summed E-state index contributed by atoms with van der Waals surface area (Å²) in [5.41, 5.74) is 7.82. The van der Waals surface area contributed by atoms with E-state index in [0.29, 0.717) is 13.1 Å². The topological polar surface area (TPSA) is 48.0 Å². The van der Waals surface area contributed by atoms with E-state index in [1.54, 1.807) is 4.57 Å². The molecule has 100 valence electrons. The van der Waals surface area contributed by atoms with E-state index >= 15 is 0 Å². The van der Waals surface area contributed by atoms with Gasteiger partial charge in [-0.05, 0) is 28.6 Å². The normalized spacial score (nSPS) is 10.8. The molecule has 0 radical (unpaired) electrons. The lowest BCUT2D eigenvalue weighted by Gasteiger charge is -2.08. The predicted octanol–water partition coefficient (Wildman–Crippen LogP) is 2.51. The molecule has 3 heteroatoms. The summed E-state index contributed by atoms with van der Waals surface area (Å²) in [7, 11) is 0. The van der Waals surface area contributed by atoms with E-state index in [1.807, 2.05) is 60.8 Å². The molecule has 0 spiro atoms. The quantitative estimate of drug-likeness (QED) is 0.790. The Hall–Kier alpha value is -2.39. The van der Waals surface area contributed by atoms with Crippen molar-refractivity contribution in [2.75, 3.05) is 0 Å². The minimum atomic E-state index is 0.0472. The maximum atomic E-state index is 12.4. The lowest BCUT2D eigenvalue weighted by Crippen LogP contribution is -2.19. The largest absolute Gasteiger partial charge is 0.326 e. The summed E-state index contributed by atoms with van der Waals surface area (Å²) in [6, 6.07) is 17.7. The molecule has 0 saturated heterocycles. The summed E-state index contributed by atoms with van der Waals surface area (Å²) in [4.78, 5) is 12.4. The first kappa shape index (κ1) is 12.6. The molecule has 2 aromatic carbocycles. The van der Waals surface area contributed by atoms with Gasteiger partial charge in [-0.25, -0.2) is 0 Å². The Bertz CT molecular complexity index is 788. The van der Waals surface area contributed by atoms with Crippen LogP contribution in [0.4, 0.5) is 0 Å². The zero-order valence-corrected chi connectivity index (χ0v) is 11.1. The molecule has 3 nitrogen and oxygen atoms in total. The molecule has 3 rings (SSSR count). The molecule has 0 amide bonds. The number of rotatable bonds is 3. The molecular weight excluding hydrogens is 248 g/mol. The zero-order valence-electron chi connectivity index (χ0n) is 11.1. The van der Waals surface area contributed by atoms with Crippen LogP contribution in [0.5, 0.6) is 0 Å². The first-order valence-corrected chi connectivity index (χ1v) is 6.64. The van der Waals surface area contributed by atoms with Gasteiger partial charge in [-0.1, -0.05) is 42.5 Å². The fourth-order valence-electron chi connectivity index (χ4n) is 2.33.